The SMILES string of the molecule is Cc1noc(C)c1-c1cc(F)c2[nH]c(=O)n3c2c1OCC3c1cccnc1. The second-order valence-corrected chi connectivity index (χ2v) is 6.57. The summed E-state index contributed by atoms with van der Waals surface area (Å²) in [5.74, 6) is 0.472. The molecule has 1 atom stereocenters. The second-order valence-electron chi connectivity index (χ2n) is 6.57. The van der Waals surface area contributed by atoms with Gasteiger partial charge in [-0.25, -0.2) is 9.18 Å². The van der Waals surface area contributed by atoms with Gasteiger partial charge in [0.25, 0.3) is 0 Å². The molecule has 0 amide bonds. The second kappa shape index (κ2) is 5.54. The molecule has 1 N–H and O–H groups in total. The zero-order valence-corrected chi connectivity index (χ0v) is 14.6. The summed E-state index contributed by atoms with van der Waals surface area (Å²) in [5, 5.41) is 3.95. The molecule has 0 saturated heterocycles. The number of nitrogens with zero attached hydrogens (tertiary/aromatic N) is 3. The van der Waals surface area contributed by atoms with Gasteiger partial charge >= 0.3 is 5.69 Å². The van der Waals surface area contributed by atoms with Gasteiger partial charge in [-0.05, 0) is 31.5 Å². The van der Waals surface area contributed by atoms with Crippen LogP contribution in [-0.2, 0) is 0 Å². The molecule has 7 nitrogen and oxygen atoms in total. The Balaban J connectivity index is 1.85. The third-order valence-electron chi connectivity index (χ3n) is 4.97. The third-order valence-corrected chi connectivity index (χ3v) is 4.97. The lowest BCUT2D eigenvalue weighted by Gasteiger charge is -2.26. The molecule has 0 saturated carbocycles. The normalized spacial score (nSPS) is 15.9. The summed E-state index contributed by atoms with van der Waals surface area (Å²) in [6.07, 6.45) is 3.34. The molecule has 0 bridgehead atoms. The molecule has 8 heteroatoms. The van der Waals surface area contributed by atoms with Crippen LogP contribution in [0, 0.1) is 19.7 Å². The fraction of sp³-hybridized carbons (Fsp3) is 0.211. The predicted molar refractivity (Wildman–Crippen MR) is 95.4 cm³/mol. The highest BCUT2D eigenvalue weighted by atomic mass is 19.1. The first-order valence-electron chi connectivity index (χ1n) is 8.49. The number of H-pyrrole nitrogens is 1. The largest absolute Gasteiger partial charge is 0.488 e. The molecule has 0 aliphatic carbocycles. The average molecular weight is 366 g/mol. The number of imidazole rings is 1. The smallest absolute Gasteiger partial charge is 0.327 e. The van der Waals surface area contributed by atoms with E-state index in [4.69, 9.17) is 9.26 Å². The third kappa shape index (κ3) is 2.16. The van der Waals surface area contributed by atoms with Crippen molar-refractivity contribution in [3.05, 3.63) is 63.9 Å². The fourth-order valence-corrected chi connectivity index (χ4v) is 3.79. The molecule has 0 fully saturated rings. The zero-order valence-electron chi connectivity index (χ0n) is 14.6. The standard InChI is InChI=1S/C19H15FN4O3/c1-9-15(10(2)27-23-9)12-6-13(20)16-17-18(12)26-8-14(24(17)19(25)22-16)11-4-3-5-21-7-11/h3-7,14H,8H2,1-2H3,(H,22,25). The Morgan fingerprint density at radius 1 is 1.37 bits per heavy atom. The van der Waals surface area contributed by atoms with Gasteiger partial charge < -0.3 is 14.2 Å². The number of aromatic amines is 1. The molecule has 1 aliphatic heterocycles. The molecule has 1 aliphatic rings. The Bertz CT molecular complexity index is 1220. The Morgan fingerprint density at radius 3 is 2.93 bits per heavy atom. The van der Waals surface area contributed by atoms with Crippen molar-refractivity contribution in [1.82, 2.24) is 19.7 Å². The van der Waals surface area contributed by atoms with E-state index in [1.54, 1.807) is 32.3 Å². The summed E-state index contributed by atoms with van der Waals surface area (Å²) in [6, 6.07) is 4.62. The zero-order chi connectivity index (χ0) is 18.7. The van der Waals surface area contributed by atoms with Crippen molar-refractivity contribution in [2.45, 2.75) is 19.9 Å². The first-order valence-corrected chi connectivity index (χ1v) is 8.49. The molecule has 1 aromatic carbocycles. The van der Waals surface area contributed by atoms with E-state index in [0.29, 0.717) is 33.8 Å². The molecule has 4 heterocycles. The molecule has 4 aromatic rings. The van der Waals surface area contributed by atoms with Gasteiger partial charge in [-0.15, -0.1) is 0 Å². The number of benzene rings is 1. The topological polar surface area (TPSA) is 85.9 Å². The van der Waals surface area contributed by atoms with Gasteiger partial charge in [0, 0.05) is 18.0 Å². The van der Waals surface area contributed by atoms with E-state index < -0.39 is 17.5 Å². The van der Waals surface area contributed by atoms with Crippen LogP contribution in [0.5, 0.6) is 5.75 Å². The number of nitrogens with one attached hydrogen (secondary N) is 1. The van der Waals surface area contributed by atoms with Gasteiger partial charge in [0.15, 0.2) is 5.75 Å². The van der Waals surface area contributed by atoms with Gasteiger partial charge in [-0.2, -0.15) is 0 Å². The molecule has 3 aromatic heterocycles. The lowest BCUT2D eigenvalue weighted by molar-refractivity contribution is 0.257. The first kappa shape index (κ1) is 15.8. The van der Waals surface area contributed by atoms with Gasteiger partial charge in [-0.1, -0.05) is 11.2 Å². The number of rotatable bonds is 2. The Labute approximate surface area is 152 Å². The molecular weight excluding hydrogens is 351 g/mol. The Hall–Kier alpha value is -3.42. The van der Waals surface area contributed by atoms with Crippen molar-refractivity contribution in [2.24, 2.45) is 0 Å². The highest BCUT2D eigenvalue weighted by molar-refractivity contribution is 5.92. The molecular formula is C19H15FN4O3. The van der Waals surface area contributed by atoms with E-state index in [9.17, 15) is 9.18 Å². The minimum Gasteiger partial charge on any atom is -0.488 e. The molecule has 0 spiro atoms. The average Bonchev–Trinajstić information content (AvgIpc) is 3.20. The van der Waals surface area contributed by atoms with E-state index in [-0.39, 0.29) is 12.1 Å². The molecule has 5 rings (SSSR count). The monoisotopic (exact) mass is 366 g/mol. The summed E-state index contributed by atoms with van der Waals surface area (Å²) < 4.78 is 27.7. The lowest BCUT2D eigenvalue weighted by atomic mass is 10.00. The molecule has 27 heavy (non-hydrogen) atoms. The van der Waals surface area contributed by atoms with Crippen LogP contribution in [0.25, 0.3) is 22.2 Å². The van der Waals surface area contributed by atoms with Crippen LogP contribution < -0.4 is 10.4 Å². The van der Waals surface area contributed by atoms with Crippen molar-refractivity contribution < 1.29 is 13.7 Å². The van der Waals surface area contributed by atoms with E-state index in [1.807, 2.05) is 6.07 Å². The van der Waals surface area contributed by atoms with Crippen molar-refractivity contribution in [2.75, 3.05) is 6.61 Å². The molecule has 1 unspecified atom stereocenters. The number of hydrogen-bond donors (Lipinski definition) is 1. The first-order chi connectivity index (χ1) is 13.1. The summed E-state index contributed by atoms with van der Waals surface area (Å²) >= 11 is 0. The van der Waals surface area contributed by atoms with Crippen LogP contribution in [0.4, 0.5) is 4.39 Å². The van der Waals surface area contributed by atoms with E-state index in [1.165, 1.54) is 10.6 Å². The van der Waals surface area contributed by atoms with Crippen molar-refractivity contribution in [3.63, 3.8) is 0 Å². The van der Waals surface area contributed by atoms with Crippen LogP contribution in [0.1, 0.15) is 23.1 Å². The summed E-state index contributed by atoms with van der Waals surface area (Å²) in [4.78, 5) is 19.4. The minimum atomic E-state index is -0.532. The number of aromatic nitrogens is 4. The number of aryl methyl sites for hydroxylation is 2. The molecule has 0 radical (unpaired) electrons. The van der Waals surface area contributed by atoms with Crippen molar-refractivity contribution in [3.8, 4) is 16.9 Å². The number of halogens is 1. The highest BCUT2D eigenvalue weighted by Gasteiger charge is 2.32. The number of ether oxygens (including phenoxy) is 1. The van der Waals surface area contributed by atoms with Crippen LogP contribution >= 0.6 is 0 Å². The Morgan fingerprint density at radius 2 is 2.22 bits per heavy atom. The summed E-state index contributed by atoms with van der Waals surface area (Å²) in [5.41, 5.74) is 2.77. The van der Waals surface area contributed by atoms with Gasteiger partial charge in [0.1, 0.15) is 29.2 Å². The van der Waals surface area contributed by atoms with Gasteiger partial charge in [-0.3, -0.25) is 9.55 Å². The van der Waals surface area contributed by atoms with Crippen LogP contribution in [0.15, 0.2) is 39.9 Å². The van der Waals surface area contributed by atoms with Crippen LogP contribution in [-0.4, -0.2) is 26.3 Å². The Kier molecular flexibility index (Phi) is 3.24. The van der Waals surface area contributed by atoms with E-state index in [2.05, 4.69) is 15.1 Å². The predicted octanol–water partition coefficient (Wildman–Crippen LogP) is 3.12. The number of pyridine rings is 1. The van der Waals surface area contributed by atoms with Crippen LogP contribution in [0.3, 0.4) is 0 Å². The van der Waals surface area contributed by atoms with Crippen molar-refractivity contribution in [1.29, 1.82) is 0 Å². The summed E-state index contributed by atoms with van der Waals surface area (Å²) in [7, 11) is 0. The highest BCUT2D eigenvalue weighted by Crippen LogP contribution is 2.43. The summed E-state index contributed by atoms with van der Waals surface area (Å²) in [6.45, 7) is 3.77. The maximum Gasteiger partial charge on any atom is 0.327 e. The number of hydrogen-bond acceptors (Lipinski definition) is 5. The fourth-order valence-electron chi connectivity index (χ4n) is 3.79. The maximum atomic E-state index is 14.9. The van der Waals surface area contributed by atoms with Gasteiger partial charge in [0.2, 0.25) is 0 Å². The molecule has 136 valence electrons. The van der Waals surface area contributed by atoms with Gasteiger partial charge in [0.05, 0.1) is 17.3 Å². The maximum absolute atomic E-state index is 14.9. The lowest BCUT2D eigenvalue weighted by Crippen LogP contribution is -2.30. The minimum absolute atomic E-state index is 0.124. The van der Waals surface area contributed by atoms with Crippen LogP contribution in [0.2, 0.25) is 0 Å². The quantitative estimate of drug-likeness (QED) is 0.589. The van der Waals surface area contributed by atoms with E-state index >= 15 is 0 Å². The van der Waals surface area contributed by atoms with Crippen molar-refractivity contribution >= 4 is 11.0 Å². The van der Waals surface area contributed by atoms with E-state index in [0.717, 1.165) is 5.56 Å².